The summed E-state index contributed by atoms with van der Waals surface area (Å²) in [5.41, 5.74) is 7.40. The maximum absolute atomic E-state index is 6.56. The molecule has 0 unspecified atom stereocenters. The van der Waals surface area contributed by atoms with Gasteiger partial charge in [-0.1, -0.05) is 152 Å². The monoisotopic (exact) mass is 708 g/mol. The minimum atomic E-state index is 0.508. The van der Waals surface area contributed by atoms with Crippen LogP contribution in [0.2, 0.25) is 0 Å². The number of para-hydroxylation sites is 1. The van der Waals surface area contributed by atoms with Crippen LogP contribution in [-0.2, 0) is 0 Å². The number of hydrogen-bond acceptors (Lipinski definition) is 7. The van der Waals surface area contributed by atoms with Crippen LogP contribution in [0.4, 0.5) is 0 Å². The summed E-state index contributed by atoms with van der Waals surface area (Å²) in [6.45, 7) is 0. The van der Waals surface area contributed by atoms with Crippen LogP contribution in [0.3, 0.4) is 0 Å². The van der Waals surface area contributed by atoms with E-state index in [0.717, 1.165) is 44.5 Å². The molecule has 9 rings (SSSR count). The third kappa shape index (κ3) is 7.36. The Labute approximate surface area is 318 Å². The molecule has 0 N–H and O–H groups in total. The van der Waals surface area contributed by atoms with Crippen molar-refractivity contribution in [3.05, 3.63) is 194 Å². The minimum Gasteiger partial charge on any atom is -0.457 e. The first-order valence-electron chi connectivity index (χ1n) is 18.0. The fourth-order valence-corrected chi connectivity index (χ4v) is 6.29. The summed E-state index contributed by atoms with van der Waals surface area (Å²) in [7, 11) is 0. The Balaban J connectivity index is 1.07. The lowest BCUT2D eigenvalue weighted by Crippen LogP contribution is -2.01. The predicted octanol–water partition coefficient (Wildman–Crippen LogP) is 11.5. The van der Waals surface area contributed by atoms with Crippen molar-refractivity contribution >= 4 is 0 Å². The fraction of sp³-hybridized carbons (Fsp3) is 0. The second kappa shape index (κ2) is 15.1. The van der Waals surface area contributed by atoms with E-state index in [2.05, 4.69) is 24.3 Å². The third-order valence-electron chi connectivity index (χ3n) is 9.06. The van der Waals surface area contributed by atoms with E-state index in [4.69, 9.17) is 34.6 Å². The lowest BCUT2D eigenvalue weighted by Gasteiger charge is -2.13. The molecule has 7 aromatic carbocycles. The summed E-state index contributed by atoms with van der Waals surface area (Å²) in [5.74, 6) is 4.70. The Kier molecular flexibility index (Phi) is 9.15. The van der Waals surface area contributed by atoms with Crippen LogP contribution in [0.5, 0.6) is 11.5 Å². The van der Waals surface area contributed by atoms with Crippen LogP contribution in [-0.4, -0.2) is 29.9 Å². The highest BCUT2D eigenvalue weighted by Gasteiger charge is 2.17. The first-order valence-corrected chi connectivity index (χ1v) is 18.0. The van der Waals surface area contributed by atoms with Gasteiger partial charge >= 0.3 is 0 Å². The average molecular weight is 709 g/mol. The predicted molar refractivity (Wildman–Crippen MR) is 218 cm³/mol. The van der Waals surface area contributed by atoms with Gasteiger partial charge < -0.3 is 4.74 Å². The summed E-state index contributed by atoms with van der Waals surface area (Å²) < 4.78 is 6.56. The second-order valence-corrected chi connectivity index (χ2v) is 12.8. The fourth-order valence-electron chi connectivity index (χ4n) is 6.29. The van der Waals surface area contributed by atoms with Gasteiger partial charge in [0.1, 0.15) is 11.5 Å². The Bertz CT molecular complexity index is 2650. The van der Waals surface area contributed by atoms with E-state index in [1.54, 1.807) is 0 Å². The van der Waals surface area contributed by atoms with Gasteiger partial charge in [0, 0.05) is 27.8 Å². The lowest BCUT2D eigenvalue weighted by molar-refractivity contribution is 0.484. The Morgan fingerprint density at radius 3 is 1.13 bits per heavy atom. The highest BCUT2D eigenvalue weighted by Crippen LogP contribution is 2.35. The molecule has 7 heteroatoms. The van der Waals surface area contributed by atoms with Crippen molar-refractivity contribution in [2.24, 2.45) is 0 Å². The number of aromatic nitrogens is 6. The van der Waals surface area contributed by atoms with Gasteiger partial charge in [-0.3, -0.25) is 0 Å². The molecule has 55 heavy (non-hydrogen) atoms. The summed E-state index contributed by atoms with van der Waals surface area (Å²) in [6, 6.07) is 64.0. The largest absolute Gasteiger partial charge is 0.457 e. The smallest absolute Gasteiger partial charge is 0.167 e. The zero-order valence-corrected chi connectivity index (χ0v) is 29.6. The minimum absolute atomic E-state index is 0.508. The molecule has 2 aromatic heterocycles. The number of benzene rings is 7. The van der Waals surface area contributed by atoms with E-state index in [-0.39, 0.29) is 0 Å². The molecular weight excluding hydrogens is 677 g/mol. The zero-order valence-electron chi connectivity index (χ0n) is 29.6. The van der Waals surface area contributed by atoms with Crippen LogP contribution in [0.25, 0.3) is 79.5 Å². The SMILES string of the molecule is c1ccc(-c2cccc(-c3nc(-c4ccccc4)nc(-c4ccccc4Oc4ccc(-c5nc(-c6ccccc6)nc(-c6ccccc6)n5)cc4)n3)c2)cc1. The molecule has 0 aliphatic carbocycles. The molecule has 0 saturated heterocycles. The molecule has 0 saturated carbocycles. The van der Waals surface area contributed by atoms with Crippen LogP contribution >= 0.6 is 0 Å². The van der Waals surface area contributed by atoms with Crippen molar-refractivity contribution in [2.45, 2.75) is 0 Å². The number of hydrogen-bond donors (Lipinski definition) is 0. The molecule has 0 aliphatic rings. The van der Waals surface area contributed by atoms with Gasteiger partial charge in [-0.2, -0.15) is 0 Å². The molecule has 0 bridgehead atoms. The van der Waals surface area contributed by atoms with Crippen LogP contribution < -0.4 is 4.74 Å². The van der Waals surface area contributed by atoms with Crippen molar-refractivity contribution in [3.63, 3.8) is 0 Å². The quantitative estimate of drug-likeness (QED) is 0.147. The van der Waals surface area contributed by atoms with Crippen molar-refractivity contribution in [2.75, 3.05) is 0 Å². The summed E-state index contributed by atoms with van der Waals surface area (Å²) in [4.78, 5) is 29.5. The highest BCUT2D eigenvalue weighted by molar-refractivity contribution is 5.74. The Morgan fingerprint density at radius 1 is 0.255 bits per heavy atom. The number of rotatable bonds is 9. The molecule has 260 valence electrons. The zero-order chi connectivity index (χ0) is 36.8. The molecule has 0 aliphatic heterocycles. The first kappa shape index (κ1) is 33.2. The van der Waals surface area contributed by atoms with Crippen LogP contribution in [0, 0.1) is 0 Å². The van der Waals surface area contributed by atoms with Gasteiger partial charge in [0.25, 0.3) is 0 Å². The molecule has 2 heterocycles. The van der Waals surface area contributed by atoms with Gasteiger partial charge in [-0.15, -0.1) is 0 Å². The highest BCUT2D eigenvalue weighted by atomic mass is 16.5. The number of ether oxygens (including phenoxy) is 1. The van der Waals surface area contributed by atoms with E-state index in [0.29, 0.717) is 46.4 Å². The molecule has 0 atom stereocenters. The van der Waals surface area contributed by atoms with E-state index in [1.165, 1.54) is 0 Å². The van der Waals surface area contributed by atoms with Crippen LogP contribution in [0.1, 0.15) is 0 Å². The molecule has 0 radical (unpaired) electrons. The van der Waals surface area contributed by atoms with Crippen molar-refractivity contribution in [1.82, 2.24) is 29.9 Å². The summed E-state index contributed by atoms with van der Waals surface area (Å²) >= 11 is 0. The van der Waals surface area contributed by atoms with E-state index in [9.17, 15) is 0 Å². The summed E-state index contributed by atoms with van der Waals surface area (Å²) in [5, 5.41) is 0. The molecule has 9 aromatic rings. The molecule has 0 amide bonds. The van der Waals surface area contributed by atoms with Gasteiger partial charge in [-0.25, -0.2) is 29.9 Å². The molecular formula is C48H32N6O. The third-order valence-corrected chi connectivity index (χ3v) is 9.06. The summed E-state index contributed by atoms with van der Waals surface area (Å²) in [6.07, 6.45) is 0. The van der Waals surface area contributed by atoms with E-state index >= 15 is 0 Å². The standard InChI is InChI=1S/C48H32N6O/c1-5-16-33(17-6-1)38-24-15-25-39(32-38)47-52-45(36-22-11-4-12-23-36)53-48(54-47)41-26-13-14-27-42(41)55-40-30-28-37(29-31-40)46-50-43(34-18-7-2-8-19-34)49-44(51-46)35-20-9-3-10-21-35/h1-32H. The van der Waals surface area contributed by atoms with Gasteiger partial charge in [0.15, 0.2) is 34.9 Å². The molecule has 7 nitrogen and oxygen atoms in total. The second-order valence-electron chi connectivity index (χ2n) is 12.8. The van der Waals surface area contributed by atoms with E-state index in [1.807, 2.05) is 170 Å². The Morgan fingerprint density at radius 2 is 0.618 bits per heavy atom. The first-order chi connectivity index (χ1) is 27.2. The maximum atomic E-state index is 6.56. The molecule has 0 spiro atoms. The Hall–Kier alpha value is -7.64. The van der Waals surface area contributed by atoms with Gasteiger partial charge in [-0.05, 0) is 53.6 Å². The number of nitrogens with zero attached hydrogens (tertiary/aromatic N) is 6. The van der Waals surface area contributed by atoms with Gasteiger partial charge in [0.05, 0.1) is 5.56 Å². The molecule has 0 fully saturated rings. The van der Waals surface area contributed by atoms with Crippen molar-refractivity contribution in [3.8, 4) is 91.0 Å². The van der Waals surface area contributed by atoms with Crippen molar-refractivity contribution < 1.29 is 4.74 Å². The normalized spacial score (nSPS) is 10.9. The van der Waals surface area contributed by atoms with Crippen LogP contribution in [0.15, 0.2) is 194 Å². The average Bonchev–Trinajstić information content (AvgIpc) is 3.28. The maximum Gasteiger partial charge on any atom is 0.167 e. The van der Waals surface area contributed by atoms with Crippen molar-refractivity contribution in [1.29, 1.82) is 0 Å². The van der Waals surface area contributed by atoms with E-state index < -0.39 is 0 Å². The topological polar surface area (TPSA) is 86.6 Å². The lowest BCUT2D eigenvalue weighted by atomic mass is 10.0. The van der Waals surface area contributed by atoms with Gasteiger partial charge in [0.2, 0.25) is 0 Å².